The van der Waals surface area contributed by atoms with Gasteiger partial charge in [0, 0.05) is 15.8 Å². The Morgan fingerprint density at radius 2 is 1.72 bits per heavy atom. The van der Waals surface area contributed by atoms with Crippen LogP contribution in [0.1, 0.15) is 44.0 Å². The number of hydrogen-bond donors (Lipinski definition) is 1. The SMILES string of the molecule is O=C1NN(c2ncnc3sc4c(c23)CCCC4)C(=O)c2cccc3cccc1c23. The number of amides is 2. The Hall–Kier alpha value is -3.32. The van der Waals surface area contributed by atoms with Crippen LogP contribution in [-0.2, 0) is 12.8 Å². The van der Waals surface area contributed by atoms with Crippen molar-refractivity contribution < 1.29 is 9.59 Å². The lowest BCUT2D eigenvalue weighted by Gasteiger charge is -2.22. The highest BCUT2D eigenvalue weighted by atomic mass is 32.1. The van der Waals surface area contributed by atoms with Crippen LogP contribution >= 0.6 is 11.3 Å². The third kappa shape index (κ3) is 2.34. The molecule has 2 aromatic carbocycles. The summed E-state index contributed by atoms with van der Waals surface area (Å²) < 4.78 is 0. The van der Waals surface area contributed by atoms with Gasteiger partial charge in [-0.2, -0.15) is 5.01 Å². The molecule has 0 saturated heterocycles. The fourth-order valence-electron chi connectivity index (χ4n) is 4.43. The van der Waals surface area contributed by atoms with Crippen LogP contribution in [0.5, 0.6) is 0 Å². The maximum Gasteiger partial charge on any atom is 0.279 e. The summed E-state index contributed by atoms with van der Waals surface area (Å²) in [4.78, 5) is 37.7. The van der Waals surface area contributed by atoms with E-state index in [4.69, 9.17) is 0 Å². The maximum absolute atomic E-state index is 13.6. The predicted octanol–water partition coefficient (Wildman–Crippen LogP) is 4.03. The second-order valence-corrected chi connectivity index (χ2v) is 8.46. The molecule has 2 aromatic heterocycles. The topological polar surface area (TPSA) is 75.2 Å². The number of hydrazine groups is 1. The monoisotopic (exact) mass is 400 g/mol. The van der Waals surface area contributed by atoms with E-state index in [9.17, 15) is 9.59 Å². The van der Waals surface area contributed by atoms with Gasteiger partial charge in [-0.1, -0.05) is 24.3 Å². The molecule has 2 amide bonds. The van der Waals surface area contributed by atoms with Crippen molar-refractivity contribution in [1.29, 1.82) is 0 Å². The van der Waals surface area contributed by atoms with Crippen molar-refractivity contribution in [2.45, 2.75) is 25.7 Å². The quantitative estimate of drug-likeness (QED) is 0.523. The standard InChI is InChI=1S/C22H16N4O2S/c27-20-14-8-3-5-12-6-4-9-15(17(12)14)22(28)26(25-20)19-18-13-7-1-2-10-16(13)29-21(18)24-11-23-19/h3-6,8-9,11H,1-2,7,10H2,(H,25,27). The van der Waals surface area contributed by atoms with E-state index in [-0.39, 0.29) is 11.8 Å². The molecule has 0 saturated carbocycles. The van der Waals surface area contributed by atoms with Gasteiger partial charge < -0.3 is 0 Å². The Bertz CT molecular complexity index is 1340. The largest absolute Gasteiger partial charge is 0.279 e. The molecular formula is C22H16N4O2S. The van der Waals surface area contributed by atoms with Crippen molar-refractivity contribution in [3.63, 3.8) is 0 Å². The lowest BCUT2D eigenvalue weighted by Crippen LogP contribution is -2.45. The minimum atomic E-state index is -0.315. The summed E-state index contributed by atoms with van der Waals surface area (Å²) in [5.41, 5.74) is 5.00. The zero-order valence-corrected chi connectivity index (χ0v) is 16.3. The first-order valence-corrected chi connectivity index (χ1v) is 10.5. The highest BCUT2D eigenvalue weighted by Gasteiger charge is 2.32. The predicted molar refractivity (Wildman–Crippen MR) is 112 cm³/mol. The molecule has 1 aliphatic carbocycles. The number of anilines is 1. The maximum atomic E-state index is 13.6. The van der Waals surface area contributed by atoms with Gasteiger partial charge in [0.1, 0.15) is 11.2 Å². The molecule has 0 fully saturated rings. The zero-order chi connectivity index (χ0) is 19.5. The zero-order valence-electron chi connectivity index (χ0n) is 15.4. The molecule has 0 bridgehead atoms. The number of carbonyl (C=O) groups is 2. The van der Waals surface area contributed by atoms with Gasteiger partial charge in [-0.05, 0) is 48.8 Å². The number of carbonyl (C=O) groups excluding carboxylic acids is 2. The van der Waals surface area contributed by atoms with Gasteiger partial charge in [-0.15, -0.1) is 11.3 Å². The first kappa shape index (κ1) is 16.6. The average Bonchev–Trinajstić information content (AvgIpc) is 3.10. The van der Waals surface area contributed by atoms with E-state index >= 15 is 0 Å². The van der Waals surface area contributed by atoms with Gasteiger partial charge in [0.15, 0.2) is 5.82 Å². The second kappa shape index (κ2) is 6.09. The van der Waals surface area contributed by atoms with Crippen LogP contribution in [0.4, 0.5) is 5.82 Å². The van der Waals surface area contributed by atoms with Gasteiger partial charge >= 0.3 is 0 Å². The Balaban J connectivity index is 1.60. The summed E-state index contributed by atoms with van der Waals surface area (Å²) in [6.45, 7) is 0. The lowest BCUT2D eigenvalue weighted by atomic mass is 9.97. The van der Waals surface area contributed by atoms with E-state index in [1.54, 1.807) is 23.5 Å². The second-order valence-electron chi connectivity index (χ2n) is 7.38. The smallest absolute Gasteiger partial charge is 0.267 e. The normalized spacial score (nSPS) is 16.1. The van der Waals surface area contributed by atoms with Crippen molar-refractivity contribution in [2.75, 3.05) is 5.01 Å². The Morgan fingerprint density at radius 3 is 2.59 bits per heavy atom. The van der Waals surface area contributed by atoms with Crippen LogP contribution in [0.15, 0.2) is 42.7 Å². The molecule has 0 spiro atoms. The number of aromatic nitrogens is 2. The number of fused-ring (bicyclic) bond motifs is 3. The van der Waals surface area contributed by atoms with Crippen LogP contribution in [0.2, 0.25) is 0 Å². The molecule has 1 aliphatic heterocycles. The first-order chi connectivity index (χ1) is 14.2. The Kier molecular flexibility index (Phi) is 3.49. The van der Waals surface area contributed by atoms with Crippen molar-refractivity contribution in [1.82, 2.24) is 15.4 Å². The number of rotatable bonds is 1. The third-order valence-corrected chi connectivity index (χ3v) is 6.94. The van der Waals surface area contributed by atoms with E-state index in [0.717, 1.165) is 34.9 Å². The number of aryl methyl sites for hydroxylation is 2. The van der Waals surface area contributed by atoms with Crippen LogP contribution in [0.25, 0.3) is 21.0 Å². The fourth-order valence-corrected chi connectivity index (χ4v) is 5.66. The van der Waals surface area contributed by atoms with E-state index in [0.29, 0.717) is 22.3 Å². The molecule has 6 rings (SSSR count). The summed E-state index contributed by atoms with van der Waals surface area (Å²) in [7, 11) is 0. The molecule has 0 radical (unpaired) electrons. The van der Waals surface area contributed by atoms with E-state index in [2.05, 4.69) is 15.4 Å². The molecule has 2 aliphatic rings. The molecule has 4 aromatic rings. The van der Waals surface area contributed by atoms with Crippen LogP contribution in [0.3, 0.4) is 0 Å². The van der Waals surface area contributed by atoms with Crippen molar-refractivity contribution in [2.24, 2.45) is 0 Å². The molecule has 29 heavy (non-hydrogen) atoms. The number of nitrogens with zero attached hydrogens (tertiary/aromatic N) is 3. The molecule has 0 unspecified atom stereocenters. The van der Waals surface area contributed by atoms with Crippen molar-refractivity contribution >= 4 is 50.0 Å². The Morgan fingerprint density at radius 1 is 0.931 bits per heavy atom. The van der Waals surface area contributed by atoms with Gasteiger partial charge in [-0.3, -0.25) is 15.0 Å². The van der Waals surface area contributed by atoms with E-state index < -0.39 is 0 Å². The van der Waals surface area contributed by atoms with E-state index in [1.165, 1.54) is 28.2 Å². The van der Waals surface area contributed by atoms with Crippen molar-refractivity contribution in [3.05, 3.63) is 64.3 Å². The fraction of sp³-hybridized carbons (Fsp3) is 0.182. The molecule has 0 atom stereocenters. The number of nitrogens with one attached hydrogen (secondary N) is 1. The van der Waals surface area contributed by atoms with Gasteiger partial charge in [0.25, 0.3) is 11.8 Å². The minimum Gasteiger partial charge on any atom is -0.267 e. The number of benzene rings is 2. The first-order valence-electron chi connectivity index (χ1n) is 9.65. The minimum absolute atomic E-state index is 0.287. The number of hydrogen-bond acceptors (Lipinski definition) is 5. The summed E-state index contributed by atoms with van der Waals surface area (Å²) in [5, 5.41) is 3.74. The summed E-state index contributed by atoms with van der Waals surface area (Å²) in [6, 6.07) is 11.0. The molecule has 3 heterocycles. The molecular weight excluding hydrogens is 384 g/mol. The summed E-state index contributed by atoms with van der Waals surface area (Å²) in [5.74, 6) is -0.146. The highest BCUT2D eigenvalue weighted by molar-refractivity contribution is 7.19. The lowest BCUT2D eigenvalue weighted by molar-refractivity contribution is 0.0894. The van der Waals surface area contributed by atoms with E-state index in [1.807, 2.05) is 24.3 Å². The molecule has 1 N–H and O–H groups in total. The van der Waals surface area contributed by atoms with Gasteiger partial charge in [0.05, 0.1) is 10.9 Å². The van der Waals surface area contributed by atoms with Gasteiger partial charge in [0.2, 0.25) is 0 Å². The van der Waals surface area contributed by atoms with Crippen LogP contribution < -0.4 is 10.4 Å². The average molecular weight is 400 g/mol. The summed E-state index contributed by atoms with van der Waals surface area (Å²) >= 11 is 1.67. The van der Waals surface area contributed by atoms with Crippen LogP contribution in [-0.4, -0.2) is 21.8 Å². The molecule has 142 valence electrons. The van der Waals surface area contributed by atoms with Crippen LogP contribution in [0, 0.1) is 0 Å². The Labute approximate surface area is 170 Å². The highest BCUT2D eigenvalue weighted by Crippen LogP contribution is 2.40. The molecule has 6 nitrogen and oxygen atoms in total. The third-order valence-electron chi connectivity index (χ3n) is 5.74. The van der Waals surface area contributed by atoms with Crippen molar-refractivity contribution in [3.8, 4) is 0 Å². The molecule has 7 heteroatoms. The number of thiophene rings is 1. The van der Waals surface area contributed by atoms with Gasteiger partial charge in [-0.25, -0.2) is 9.97 Å². The summed E-state index contributed by atoms with van der Waals surface area (Å²) in [6.07, 6.45) is 5.72.